The van der Waals surface area contributed by atoms with Crippen LogP contribution in [0, 0.1) is 5.92 Å². The number of carbonyl (C=O) groups is 2. The molecule has 0 heterocycles. The summed E-state index contributed by atoms with van der Waals surface area (Å²) in [5, 5.41) is 5.31. The summed E-state index contributed by atoms with van der Waals surface area (Å²) in [6.45, 7) is 8.04. The number of hydrogen-bond acceptors (Lipinski definition) is 3. The maximum atomic E-state index is 11.8. The molecule has 2 N–H and O–H groups in total. The van der Waals surface area contributed by atoms with Crippen LogP contribution in [0.25, 0.3) is 0 Å². The fraction of sp³-hybridized carbons (Fsp3) is 0.500. The molecular formula is C16H24N2O3. The van der Waals surface area contributed by atoms with E-state index in [0.717, 1.165) is 5.56 Å². The maximum Gasteiger partial charge on any atom is 0.411 e. The van der Waals surface area contributed by atoms with Gasteiger partial charge in [-0.05, 0) is 37.5 Å². The van der Waals surface area contributed by atoms with Crippen molar-refractivity contribution in [2.24, 2.45) is 5.92 Å². The Hall–Kier alpha value is -2.04. The van der Waals surface area contributed by atoms with Crippen LogP contribution in [-0.4, -0.2) is 25.7 Å². The molecule has 0 aliphatic rings. The Kier molecular flexibility index (Phi) is 5.76. The third-order valence-electron chi connectivity index (χ3n) is 3.20. The quantitative estimate of drug-likeness (QED) is 0.877. The Bertz CT molecular complexity index is 493. The highest BCUT2D eigenvalue weighted by Gasteiger charge is 2.28. The van der Waals surface area contributed by atoms with E-state index in [2.05, 4.69) is 10.6 Å². The van der Waals surface area contributed by atoms with Gasteiger partial charge in [-0.3, -0.25) is 10.1 Å². The van der Waals surface area contributed by atoms with Gasteiger partial charge in [0.1, 0.15) is 0 Å². The van der Waals surface area contributed by atoms with Crippen molar-refractivity contribution in [1.29, 1.82) is 0 Å². The average Bonchev–Trinajstić information content (AvgIpc) is 2.44. The van der Waals surface area contributed by atoms with Gasteiger partial charge in [-0.25, -0.2) is 4.79 Å². The van der Waals surface area contributed by atoms with E-state index in [0.29, 0.717) is 18.2 Å². The first-order valence-corrected chi connectivity index (χ1v) is 7.04. The lowest BCUT2D eigenvalue weighted by atomic mass is 9.83. The highest BCUT2D eigenvalue weighted by Crippen LogP contribution is 2.24. The predicted octanol–water partition coefficient (Wildman–Crippen LogP) is 2.91. The molecule has 0 unspecified atom stereocenters. The van der Waals surface area contributed by atoms with Crippen LogP contribution in [0.1, 0.15) is 33.3 Å². The van der Waals surface area contributed by atoms with Crippen LogP contribution in [0.15, 0.2) is 24.3 Å². The maximum absolute atomic E-state index is 11.8. The second-order valence-electron chi connectivity index (χ2n) is 5.90. The minimum Gasteiger partial charge on any atom is -0.449 e. The SMILES string of the molecule is CNC(=O)C(C)(C)c1ccc(NC(=O)OCC(C)C)cc1. The summed E-state index contributed by atoms with van der Waals surface area (Å²) in [4.78, 5) is 23.4. The van der Waals surface area contributed by atoms with Gasteiger partial charge in [-0.2, -0.15) is 0 Å². The molecule has 1 aromatic carbocycles. The highest BCUT2D eigenvalue weighted by molar-refractivity contribution is 5.88. The zero-order chi connectivity index (χ0) is 16.0. The Morgan fingerprint density at radius 1 is 1.19 bits per heavy atom. The summed E-state index contributed by atoms with van der Waals surface area (Å²) in [5.74, 6) is 0.242. The minimum absolute atomic E-state index is 0.0560. The second kappa shape index (κ2) is 7.11. The monoisotopic (exact) mass is 292 g/mol. The van der Waals surface area contributed by atoms with Crippen molar-refractivity contribution < 1.29 is 14.3 Å². The molecule has 1 rings (SSSR count). The van der Waals surface area contributed by atoms with Gasteiger partial charge in [0.15, 0.2) is 0 Å². The van der Waals surface area contributed by atoms with Crippen molar-refractivity contribution in [3.8, 4) is 0 Å². The van der Waals surface area contributed by atoms with E-state index in [-0.39, 0.29) is 5.91 Å². The van der Waals surface area contributed by atoms with Gasteiger partial charge >= 0.3 is 6.09 Å². The molecule has 21 heavy (non-hydrogen) atoms. The van der Waals surface area contributed by atoms with Gasteiger partial charge < -0.3 is 10.1 Å². The molecule has 0 bridgehead atoms. The molecule has 0 fully saturated rings. The normalized spacial score (nSPS) is 11.1. The number of carbonyl (C=O) groups excluding carboxylic acids is 2. The Morgan fingerprint density at radius 3 is 2.24 bits per heavy atom. The summed E-state index contributed by atoms with van der Waals surface area (Å²) in [6.07, 6.45) is -0.470. The number of benzene rings is 1. The predicted molar refractivity (Wildman–Crippen MR) is 83.3 cm³/mol. The summed E-state index contributed by atoms with van der Waals surface area (Å²) in [6, 6.07) is 7.17. The van der Waals surface area contributed by atoms with Crippen molar-refractivity contribution in [2.75, 3.05) is 19.0 Å². The summed E-state index contributed by atoms with van der Waals surface area (Å²) in [7, 11) is 1.62. The lowest BCUT2D eigenvalue weighted by molar-refractivity contribution is -0.125. The number of nitrogens with one attached hydrogen (secondary N) is 2. The van der Waals surface area contributed by atoms with Crippen molar-refractivity contribution >= 4 is 17.7 Å². The molecule has 0 saturated heterocycles. The number of amides is 2. The van der Waals surface area contributed by atoms with Crippen molar-refractivity contribution in [2.45, 2.75) is 33.1 Å². The zero-order valence-corrected chi connectivity index (χ0v) is 13.3. The summed E-state index contributed by atoms with van der Waals surface area (Å²) in [5.41, 5.74) is 0.897. The molecule has 0 spiro atoms. The van der Waals surface area contributed by atoms with E-state index >= 15 is 0 Å². The van der Waals surface area contributed by atoms with Gasteiger partial charge in [0.05, 0.1) is 12.0 Å². The molecule has 0 atom stereocenters. The number of anilines is 1. The molecule has 116 valence electrons. The van der Waals surface area contributed by atoms with Gasteiger partial charge in [-0.15, -0.1) is 0 Å². The van der Waals surface area contributed by atoms with Crippen molar-refractivity contribution in [1.82, 2.24) is 5.32 Å². The van der Waals surface area contributed by atoms with E-state index < -0.39 is 11.5 Å². The second-order valence-corrected chi connectivity index (χ2v) is 5.90. The Balaban J connectivity index is 2.70. The summed E-state index contributed by atoms with van der Waals surface area (Å²) < 4.78 is 5.05. The minimum atomic E-state index is -0.620. The Morgan fingerprint density at radius 2 is 1.76 bits per heavy atom. The van der Waals surface area contributed by atoms with Crippen LogP contribution in [0.4, 0.5) is 10.5 Å². The van der Waals surface area contributed by atoms with E-state index in [1.165, 1.54) is 0 Å². The first kappa shape index (κ1) is 17.0. The van der Waals surface area contributed by atoms with Crippen molar-refractivity contribution in [3.63, 3.8) is 0 Å². The average molecular weight is 292 g/mol. The smallest absolute Gasteiger partial charge is 0.411 e. The van der Waals surface area contributed by atoms with E-state index in [1.807, 2.05) is 39.8 Å². The number of likely N-dealkylation sites (N-methyl/N-ethyl adjacent to an activating group) is 1. The van der Waals surface area contributed by atoms with Crippen LogP contribution in [0.3, 0.4) is 0 Å². The van der Waals surface area contributed by atoms with Gasteiger partial charge in [0.2, 0.25) is 5.91 Å². The van der Waals surface area contributed by atoms with Crippen molar-refractivity contribution in [3.05, 3.63) is 29.8 Å². The fourth-order valence-corrected chi connectivity index (χ4v) is 1.81. The lowest BCUT2D eigenvalue weighted by Crippen LogP contribution is -2.37. The molecule has 5 nitrogen and oxygen atoms in total. The molecule has 0 aromatic heterocycles. The molecule has 1 aromatic rings. The van der Waals surface area contributed by atoms with Gasteiger partial charge in [-0.1, -0.05) is 26.0 Å². The zero-order valence-electron chi connectivity index (χ0n) is 13.3. The van der Waals surface area contributed by atoms with Gasteiger partial charge in [0.25, 0.3) is 0 Å². The van der Waals surface area contributed by atoms with Crippen LogP contribution in [0.5, 0.6) is 0 Å². The molecule has 0 aliphatic heterocycles. The third kappa shape index (κ3) is 4.77. The van der Waals surface area contributed by atoms with Crippen LogP contribution in [0.2, 0.25) is 0 Å². The largest absolute Gasteiger partial charge is 0.449 e. The van der Waals surface area contributed by atoms with E-state index in [1.54, 1.807) is 19.2 Å². The van der Waals surface area contributed by atoms with Crippen LogP contribution in [-0.2, 0) is 14.9 Å². The third-order valence-corrected chi connectivity index (χ3v) is 3.20. The summed E-state index contributed by atoms with van der Waals surface area (Å²) >= 11 is 0. The standard InChI is InChI=1S/C16H24N2O3/c1-11(2)10-21-15(20)18-13-8-6-12(7-9-13)16(3,4)14(19)17-5/h6-9,11H,10H2,1-5H3,(H,17,19)(H,18,20). The lowest BCUT2D eigenvalue weighted by Gasteiger charge is -2.23. The molecular weight excluding hydrogens is 268 g/mol. The van der Waals surface area contributed by atoms with E-state index in [4.69, 9.17) is 4.74 Å². The Labute approximate surface area is 126 Å². The first-order valence-electron chi connectivity index (χ1n) is 7.04. The number of hydrogen-bond donors (Lipinski definition) is 2. The molecule has 0 saturated carbocycles. The fourth-order valence-electron chi connectivity index (χ4n) is 1.81. The molecule has 0 radical (unpaired) electrons. The number of ether oxygens (including phenoxy) is 1. The molecule has 5 heteroatoms. The van der Waals surface area contributed by atoms with Crippen LogP contribution >= 0.6 is 0 Å². The number of rotatable bonds is 5. The highest BCUT2D eigenvalue weighted by atomic mass is 16.5. The van der Waals surface area contributed by atoms with Crippen LogP contribution < -0.4 is 10.6 Å². The molecule has 0 aliphatic carbocycles. The molecule has 2 amide bonds. The van der Waals surface area contributed by atoms with Gasteiger partial charge in [0, 0.05) is 12.7 Å². The topological polar surface area (TPSA) is 67.4 Å². The first-order chi connectivity index (χ1) is 9.77. The van der Waals surface area contributed by atoms with E-state index in [9.17, 15) is 9.59 Å².